The summed E-state index contributed by atoms with van der Waals surface area (Å²) in [5.74, 6) is 2.91. The molecule has 6 nitrogen and oxygen atoms in total. The third-order valence-electron chi connectivity index (χ3n) is 11.7. The molecule has 0 bridgehead atoms. The van der Waals surface area contributed by atoms with Crippen molar-refractivity contribution in [3.8, 4) is 0 Å². The number of hydrogen-bond acceptors (Lipinski definition) is 5. The predicted molar refractivity (Wildman–Crippen MR) is 157 cm³/mol. The molecule has 220 valence electrons. The van der Waals surface area contributed by atoms with Crippen LogP contribution in [0.3, 0.4) is 0 Å². The Morgan fingerprint density at radius 3 is 2.70 bits per heavy atom. The SMILES string of the molecule is CCCCCCCC[C@@H]1CC[C@@H]2[C@H]3CC=C4C[C@@H](OC(=O)/C=C/c5occc5[N+](=O)[O-])CC[C@]4(C)[C@@H]3CC[C@]12C. The molecule has 0 spiro atoms. The lowest BCUT2D eigenvalue weighted by Crippen LogP contribution is -2.50. The number of unbranched alkanes of at least 4 members (excludes halogenated alkanes) is 5. The zero-order valence-corrected chi connectivity index (χ0v) is 24.9. The molecule has 0 unspecified atom stereocenters. The van der Waals surface area contributed by atoms with Gasteiger partial charge in [0.05, 0.1) is 17.3 Å². The highest BCUT2D eigenvalue weighted by atomic mass is 16.6. The van der Waals surface area contributed by atoms with Crippen LogP contribution in [-0.2, 0) is 9.53 Å². The number of rotatable bonds is 11. The van der Waals surface area contributed by atoms with Crippen LogP contribution >= 0.6 is 0 Å². The molecule has 0 aliphatic heterocycles. The second kappa shape index (κ2) is 12.2. The topological polar surface area (TPSA) is 82.6 Å². The van der Waals surface area contributed by atoms with Crippen LogP contribution in [0.2, 0.25) is 0 Å². The van der Waals surface area contributed by atoms with Gasteiger partial charge in [0.15, 0.2) is 0 Å². The van der Waals surface area contributed by atoms with Gasteiger partial charge in [0, 0.05) is 12.5 Å². The molecule has 3 fully saturated rings. The van der Waals surface area contributed by atoms with Gasteiger partial charge in [0.1, 0.15) is 6.10 Å². The molecule has 0 radical (unpaired) electrons. The molecule has 0 aromatic carbocycles. The summed E-state index contributed by atoms with van der Waals surface area (Å²) >= 11 is 0. The summed E-state index contributed by atoms with van der Waals surface area (Å²) in [7, 11) is 0. The van der Waals surface area contributed by atoms with E-state index < -0.39 is 10.9 Å². The van der Waals surface area contributed by atoms with Gasteiger partial charge in [-0.2, -0.15) is 0 Å². The Morgan fingerprint density at radius 1 is 1.10 bits per heavy atom. The van der Waals surface area contributed by atoms with Gasteiger partial charge in [0.25, 0.3) is 0 Å². The minimum atomic E-state index is -0.519. The van der Waals surface area contributed by atoms with Crippen molar-refractivity contribution < 1.29 is 18.9 Å². The Labute approximate surface area is 240 Å². The van der Waals surface area contributed by atoms with Gasteiger partial charge in [-0.3, -0.25) is 10.1 Å². The lowest BCUT2D eigenvalue weighted by Gasteiger charge is -2.58. The third kappa shape index (κ3) is 5.69. The fourth-order valence-corrected chi connectivity index (χ4v) is 9.42. The van der Waals surface area contributed by atoms with E-state index in [0.29, 0.717) is 5.41 Å². The summed E-state index contributed by atoms with van der Waals surface area (Å²) in [5, 5.41) is 11.1. The molecule has 1 aromatic heterocycles. The van der Waals surface area contributed by atoms with E-state index in [1.54, 1.807) is 0 Å². The summed E-state index contributed by atoms with van der Waals surface area (Å²) in [5.41, 5.74) is 2.08. The van der Waals surface area contributed by atoms with E-state index in [1.807, 2.05) is 0 Å². The molecule has 40 heavy (non-hydrogen) atoms. The first-order valence-electron chi connectivity index (χ1n) is 16.1. The van der Waals surface area contributed by atoms with Gasteiger partial charge < -0.3 is 9.15 Å². The van der Waals surface area contributed by atoms with E-state index in [2.05, 4.69) is 26.8 Å². The molecule has 0 N–H and O–H groups in total. The standard InChI is InChI=1S/C34H49NO5/c1-4-5-6-7-8-9-10-24-12-14-28-27-13-11-25-23-26(17-20-34(25,3)29(27)18-21-33(24,28)2)40-32(36)16-15-31-30(35(37)38)19-22-39-31/h11,15-16,19,22,24,26-29H,4-10,12-14,17-18,20-21,23H2,1-3H3/b16-15+/t24-,26+,27-,28-,29-,33-,34+/m1/s1. The molecule has 6 heteroatoms. The Kier molecular flexibility index (Phi) is 8.92. The number of nitrogens with zero attached hydrogens (tertiary/aromatic N) is 1. The Morgan fingerprint density at radius 2 is 1.90 bits per heavy atom. The minimum Gasteiger partial charge on any atom is -0.459 e. The third-order valence-corrected chi connectivity index (χ3v) is 11.7. The smallest absolute Gasteiger partial charge is 0.331 e. The second-order valence-electron chi connectivity index (χ2n) is 13.7. The van der Waals surface area contributed by atoms with Crippen molar-refractivity contribution in [2.24, 2.45) is 34.5 Å². The Balaban J connectivity index is 1.17. The fourth-order valence-electron chi connectivity index (χ4n) is 9.42. The molecule has 4 aliphatic rings. The molecule has 0 saturated heterocycles. The first-order valence-corrected chi connectivity index (χ1v) is 16.1. The molecule has 4 aliphatic carbocycles. The van der Waals surface area contributed by atoms with Gasteiger partial charge >= 0.3 is 11.7 Å². The van der Waals surface area contributed by atoms with Crippen LogP contribution in [0.5, 0.6) is 0 Å². The molecule has 0 amide bonds. The number of ether oxygens (including phenoxy) is 1. The highest BCUT2D eigenvalue weighted by molar-refractivity contribution is 5.87. The van der Waals surface area contributed by atoms with Crippen molar-refractivity contribution in [2.45, 2.75) is 123 Å². The summed E-state index contributed by atoms with van der Waals surface area (Å²) < 4.78 is 10.9. The Bertz CT molecular complexity index is 1120. The number of furan rings is 1. The molecule has 7 atom stereocenters. The van der Waals surface area contributed by atoms with Crippen LogP contribution in [-0.4, -0.2) is 17.0 Å². The van der Waals surface area contributed by atoms with Crippen molar-refractivity contribution in [3.63, 3.8) is 0 Å². The normalized spacial score (nSPS) is 35.1. The zero-order chi connectivity index (χ0) is 28.3. The van der Waals surface area contributed by atoms with E-state index in [1.165, 1.54) is 107 Å². The maximum atomic E-state index is 12.5. The fraction of sp³-hybridized carbons (Fsp3) is 0.735. The van der Waals surface area contributed by atoms with E-state index in [-0.39, 0.29) is 23.0 Å². The average molecular weight is 552 g/mol. The van der Waals surface area contributed by atoms with Gasteiger partial charge in [0.2, 0.25) is 5.76 Å². The van der Waals surface area contributed by atoms with Crippen LogP contribution in [0.4, 0.5) is 5.69 Å². The van der Waals surface area contributed by atoms with Crippen molar-refractivity contribution in [2.75, 3.05) is 0 Å². The minimum absolute atomic E-state index is 0.0598. The molecule has 1 aromatic rings. The van der Waals surface area contributed by atoms with Gasteiger partial charge in [-0.25, -0.2) is 4.79 Å². The lowest BCUT2D eigenvalue weighted by molar-refractivity contribution is -0.385. The summed E-state index contributed by atoms with van der Waals surface area (Å²) in [4.78, 5) is 23.1. The van der Waals surface area contributed by atoms with Gasteiger partial charge in [-0.1, -0.05) is 70.9 Å². The van der Waals surface area contributed by atoms with E-state index >= 15 is 0 Å². The number of carbonyl (C=O) groups excluding carboxylic acids is 1. The maximum Gasteiger partial charge on any atom is 0.331 e. The largest absolute Gasteiger partial charge is 0.459 e. The second-order valence-corrected chi connectivity index (χ2v) is 13.7. The number of nitro groups is 1. The number of allylic oxidation sites excluding steroid dienone is 1. The molecular weight excluding hydrogens is 502 g/mol. The zero-order valence-electron chi connectivity index (χ0n) is 24.9. The molecular formula is C34H49NO5. The summed E-state index contributed by atoms with van der Waals surface area (Å²) in [6.45, 7) is 7.43. The number of fused-ring (bicyclic) bond motifs is 5. The monoisotopic (exact) mass is 551 g/mol. The van der Waals surface area contributed by atoms with Crippen molar-refractivity contribution >= 4 is 17.7 Å². The van der Waals surface area contributed by atoms with Crippen LogP contribution < -0.4 is 0 Å². The molecule has 3 saturated carbocycles. The number of carbonyl (C=O) groups is 1. The van der Waals surface area contributed by atoms with Gasteiger partial charge in [-0.05, 0) is 91.9 Å². The predicted octanol–water partition coefficient (Wildman–Crippen LogP) is 9.44. The first kappa shape index (κ1) is 29.1. The Hall–Kier alpha value is -2.37. The van der Waals surface area contributed by atoms with Crippen LogP contribution in [0.1, 0.15) is 123 Å². The number of esters is 1. The van der Waals surface area contributed by atoms with Gasteiger partial charge in [-0.15, -0.1) is 0 Å². The van der Waals surface area contributed by atoms with Crippen molar-refractivity contribution in [1.29, 1.82) is 0 Å². The van der Waals surface area contributed by atoms with Crippen LogP contribution in [0, 0.1) is 44.6 Å². The van der Waals surface area contributed by atoms with E-state index in [0.717, 1.165) is 42.9 Å². The summed E-state index contributed by atoms with van der Waals surface area (Å²) in [6.07, 6.45) is 25.5. The van der Waals surface area contributed by atoms with E-state index in [9.17, 15) is 14.9 Å². The van der Waals surface area contributed by atoms with Crippen molar-refractivity contribution in [1.82, 2.24) is 0 Å². The number of hydrogen-bond donors (Lipinski definition) is 0. The quantitative estimate of drug-likeness (QED) is 0.0683. The average Bonchev–Trinajstić information content (AvgIpc) is 3.54. The first-order chi connectivity index (χ1) is 19.3. The van der Waals surface area contributed by atoms with E-state index in [4.69, 9.17) is 9.15 Å². The highest BCUT2D eigenvalue weighted by Gasteiger charge is 2.58. The molecule has 1 heterocycles. The maximum absolute atomic E-state index is 12.5. The summed E-state index contributed by atoms with van der Waals surface area (Å²) in [6, 6.07) is 1.28. The highest BCUT2D eigenvalue weighted by Crippen LogP contribution is 2.66. The lowest BCUT2D eigenvalue weighted by atomic mass is 9.47. The van der Waals surface area contributed by atoms with Crippen LogP contribution in [0.15, 0.2) is 34.5 Å². The van der Waals surface area contributed by atoms with Crippen LogP contribution in [0.25, 0.3) is 6.08 Å². The van der Waals surface area contributed by atoms with Crippen molar-refractivity contribution in [3.05, 3.63) is 45.9 Å². The molecule has 5 rings (SSSR count).